The molecular weight excluding hydrogens is 390 g/mol. The van der Waals surface area contributed by atoms with E-state index >= 15 is 0 Å². The number of carbonyl (C=O) groups excluding carboxylic acids is 1. The molecule has 152 valence electrons. The molecular formula is C22H23NO5S. The lowest BCUT2D eigenvalue weighted by molar-refractivity contribution is 0.103. The van der Waals surface area contributed by atoms with E-state index in [1.165, 1.54) is 16.4 Å². The van der Waals surface area contributed by atoms with Crippen LogP contribution in [0.15, 0.2) is 46.9 Å². The fourth-order valence-electron chi connectivity index (χ4n) is 3.74. The van der Waals surface area contributed by atoms with Crippen LogP contribution in [0.3, 0.4) is 0 Å². The number of sulfonamides is 1. The molecule has 29 heavy (non-hydrogen) atoms. The van der Waals surface area contributed by atoms with Crippen LogP contribution in [-0.4, -0.2) is 31.6 Å². The van der Waals surface area contributed by atoms with Gasteiger partial charge in [0.15, 0.2) is 5.78 Å². The predicted molar refractivity (Wildman–Crippen MR) is 112 cm³/mol. The summed E-state index contributed by atoms with van der Waals surface area (Å²) in [6.07, 6.45) is 3.05. The standard InChI is InChI=1S/C22H23NO5S/c1-2-3-5-20-21(22(25)15-6-9-17(24)10-7-15)18-14-16(8-11-19(18)28-20)23-12-4-13-29(23,26)27/h6-11,14,24H,2-5,12-13H2,1H3. The molecule has 1 aliphatic heterocycles. The Morgan fingerprint density at radius 1 is 1.17 bits per heavy atom. The van der Waals surface area contributed by atoms with Gasteiger partial charge in [-0.25, -0.2) is 8.42 Å². The molecule has 1 aromatic heterocycles. The zero-order valence-corrected chi connectivity index (χ0v) is 17.0. The minimum absolute atomic E-state index is 0.0892. The van der Waals surface area contributed by atoms with Gasteiger partial charge >= 0.3 is 0 Å². The van der Waals surface area contributed by atoms with Gasteiger partial charge in [0.25, 0.3) is 0 Å². The van der Waals surface area contributed by atoms with Crippen LogP contribution < -0.4 is 4.31 Å². The summed E-state index contributed by atoms with van der Waals surface area (Å²) in [5.74, 6) is 0.640. The summed E-state index contributed by atoms with van der Waals surface area (Å²) in [4.78, 5) is 13.3. The maximum Gasteiger partial charge on any atom is 0.235 e. The van der Waals surface area contributed by atoms with E-state index in [2.05, 4.69) is 6.92 Å². The quantitative estimate of drug-likeness (QED) is 0.610. The summed E-state index contributed by atoms with van der Waals surface area (Å²) in [5.41, 5.74) is 2.04. The average Bonchev–Trinajstić information content (AvgIpc) is 3.24. The summed E-state index contributed by atoms with van der Waals surface area (Å²) >= 11 is 0. The van der Waals surface area contributed by atoms with E-state index in [1.807, 2.05) is 0 Å². The van der Waals surface area contributed by atoms with Gasteiger partial charge in [0.05, 0.1) is 17.0 Å². The van der Waals surface area contributed by atoms with Crippen molar-refractivity contribution in [2.75, 3.05) is 16.6 Å². The fourth-order valence-corrected chi connectivity index (χ4v) is 5.30. The number of furan rings is 1. The van der Waals surface area contributed by atoms with Crippen molar-refractivity contribution in [3.05, 3.63) is 59.4 Å². The fraction of sp³-hybridized carbons (Fsp3) is 0.318. The lowest BCUT2D eigenvalue weighted by Crippen LogP contribution is -2.24. The van der Waals surface area contributed by atoms with Gasteiger partial charge in [0, 0.05) is 23.9 Å². The van der Waals surface area contributed by atoms with Gasteiger partial charge in [0.1, 0.15) is 17.1 Å². The van der Waals surface area contributed by atoms with Crippen LogP contribution in [0.2, 0.25) is 0 Å². The molecule has 0 atom stereocenters. The molecule has 6 nitrogen and oxygen atoms in total. The Morgan fingerprint density at radius 2 is 1.93 bits per heavy atom. The van der Waals surface area contributed by atoms with Crippen molar-refractivity contribution in [3.8, 4) is 5.75 Å². The second-order valence-corrected chi connectivity index (χ2v) is 9.31. The van der Waals surface area contributed by atoms with Crippen LogP contribution in [0.5, 0.6) is 5.75 Å². The first-order valence-electron chi connectivity index (χ1n) is 9.80. The van der Waals surface area contributed by atoms with Crippen molar-refractivity contribution < 1.29 is 22.7 Å². The summed E-state index contributed by atoms with van der Waals surface area (Å²) < 4.78 is 32.1. The van der Waals surface area contributed by atoms with Gasteiger partial charge in [-0.15, -0.1) is 0 Å². The Morgan fingerprint density at radius 3 is 2.59 bits per heavy atom. The number of anilines is 1. The molecule has 3 aromatic rings. The van der Waals surface area contributed by atoms with E-state index in [0.717, 1.165) is 12.8 Å². The van der Waals surface area contributed by atoms with Crippen LogP contribution in [0.1, 0.15) is 47.9 Å². The van der Waals surface area contributed by atoms with Crippen molar-refractivity contribution in [2.24, 2.45) is 0 Å². The van der Waals surface area contributed by atoms with E-state index in [1.54, 1.807) is 30.3 Å². The predicted octanol–water partition coefficient (Wildman–Crippen LogP) is 4.25. The molecule has 0 spiro atoms. The lowest BCUT2D eigenvalue weighted by atomic mass is 9.98. The molecule has 0 aliphatic carbocycles. The number of fused-ring (bicyclic) bond motifs is 1. The number of hydrogen-bond acceptors (Lipinski definition) is 5. The van der Waals surface area contributed by atoms with Gasteiger partial charge in [-0.1, -0.05) is 13.3 Å². The second-order valence-electron chi connectivity index (χ2n) is 7.30. The van der Waals surface area contributed by atoms with E-state index < -0.39 is 10.0 Å². The van der Waals surface area contributed by atoms with Crippen LogP contribution >= 0.6 is 0 Å². The van der Waals surface area contributed by atoms with Crippen LogP contribution in [0.25, 0.3) is 11.0 Å². The number of rotatable bonds is 6. The van der Waals surface area contributed by atoms with Crippen molar-refractivity contribution in [2.45, 2.75) is 32.6 Å². The minimum atomic E-state index is -3.32. The molecule has 0 radical (unpaired) electrons. The number of benzene rings is 2. The molecule has 0 saturated carbocycles. The van der Waals surface area contributed by atoms with E-state index in [0.29, 0.717) is 52.9 Å². The van der Waals surface area contributed by atoms with Crippen molar-refractivity contribution >= 4 is 32.5 Å². The zero-order chi connectivity index (χ0) is 20.6. The monoisotopic (exact) mass is 413 g/mol. The molecule has 1 fully saturated rings. The third kappa shape index (κ3) is 3.62. The lowest BCUT2D eigenvalue weighted by Gasteiger charge is -2.16. The van der Waals surface area contributed by atoms with E-state index in [-0.39, 0.29) is 17.3 Å². The summed E-state index contributed by atoms with van der Waals surface area (Å²) in [5, 5.41) is 10.1. The van der Waals surface area contributed by atoms with Crippen LogP contribution in [-0.2, 0) is 16.4 Å². The number of aromatic hydroxyl groups is 1. The molecule has 7 heteroatoms. The molecule has 0 amide bonds. The highest BCUT2D eigenvalue weighted by Crippen LogP contribution is 2.34. The summed E-state index contributed by atoms with van der Waals surface area (Å²) in [6, 6.07) is 11.3. The normalized spacial score (nSPS) is 15.8. The first-order chi connectivity index (χ1) is 13.9. The van der Waals surface area contributed by atoms with Gasteiger partial charge in [0.2, 0.25) is 10.0 Å². The highest BCUT2D eigenvalue weighted by Gasteiger charge is 2.30. The van der Waals surface area contributed by atoms with Crippen LogP contribution in [0, 0.1) is 0 Å². The smallest absolute Gasteiger partial charge is 0.235 e. The van der Waals surface area contributed by atoms with Crippen LogP contribution in [0.4, 0.5) is 5.69 Å². The first-order valence-corrected chi connectivity index (χ1v) is 11.4. The van der Waals surface area contributed by atoms with Crippen molar-refractivity contribution in [1.29, 1.82) is 0 Å². The molecule has 1 saturated heterocycles. The van der Waals surface area contributed by atoms with Crippen molar-refractivity contribution in [1.82, 2.24) is 0 Å². The number of hydrogen-bond donors (Lipinski definition) is 1. The Balaban J connectivity index is 1.85. The minimum Gasteiger partial charge on any atom is -0.508 e. The summed E-state index contributed by atoms with van der Waals surface area (Å²) in [7, 11) is -3.32. The third-order valence-corrected chi connectivity index (χ3v) is 7.12. The summed E-state index contributed by atoms with van der Waals surface area (Å²) in [6.45, 7) is 2.51. The largest absolute Gasteiger partial charge is 0.508 e. The molecule has 2 heterocycles. The molecule has 0 unspecified atom stereocenters. The first kappa shape index (κ1) is 19.5. The SMILES string of the molecule is CCCCc1oc2ccc(N3CCCS3(=O)=O)cc2c1C(=O)c1ccc(O)cc1. The topological polar surface area (TPSA) is 87.8 Å². The number of nitrogens with zero attached hydrogens (tertiary/aromatic N) is 1. The van der Waals surface area contributed by atoms with E-state index in [9.17, 15) is 18.3 Å². The molecule has 4 rings (SSSR count). The Hall–Kier alpha value is -2.80. The van der Waals surface area contributed by atoms with Gasteiger partial charge < -0.3 is 9.52 Å². The molecule has 0 bridgehead atoms. The molecule has 1 N–H and O–H groups in total. The molecule has 1 aliphatic rings. The van der Waals surface area contributed by atoms with Gasteiger partial charge in [-0.3, -0.25) is 9.10 Å². The number of aryl methyl sites for hydroxylation is 1. The number of phenolic OH excluding ortho intramolecular Hbond substituents is 1. The Kier molecular flexibility index (Phi) is 5.08. The molecule has 2 aromatic carbocycles. The number of carbonyl (C=O) groups is 1. The Labute approximate surface area is 169 Å². The van der Waals surface area contributed by atoms with Gasteiger partial charge in [-0.05, 0) is 55.3 Å². The van der Waals surface area contributed by atoms with Gasteiger partial charge in [-0.2, -0.15) is 0 Å². The Bertz CT molecular complexity index is 1160. The highest BCUT2D eigenvalue weighted by molar-refractivity contribution is 7.93. The number of phenols is 1. The maximum absolute atomic E-state index is 13.3. The zero-order valence-electron chi connectivity index (χ0n) is 16.2. The average molecular weight is 413 g/mol. The number of ketones is 1. The number of unbranched alkanes of at least 4 members (excludes halogenated alkanes) is 1. The maximum atomic E-state index is 13.3. The highest BCUT2D eigenvalue weighted by atomic mass is 32.2. The second kappa shape index (κ2) is 7.55. The van der Waals surface area contributed by atoms with E-state index in [4.69, 9.17) is 4.42 Å². The third-order valence-electron chi connectivity index (χ3n) is 5.25. The van der Waals surface area contributed by atoms with Crippen molar-refractivity contribution in [3.63, 3.8) is 0 Å².